The topological polar surface area (TPSA) is 105 Å². The number of nitrogens with one attached hydrogen (secondary N) is 1. The monoisotopic (exact) mass is 419 g/mol. The Morgan fingerprint density at radius 1 is 1.13 bits per heavy atom. The summed E-state index contributed by atoms with van der Waals surface area (Å²) >= 11 is 0. The summed E-state index contributed by atoms with van der Waals surface area (Å²) in [7, 11) is 0. The Hall–Kier alpha value is -3.50. The smallest absolute Gasteiger partial charge is 0.416 e. The lowest BCUT2D eigenvalue weighted by Gasteiger charge is -2.30. The highest BCUT2D eigenvalue weighted by Crippen LogP contribution is 2.32. The predicted octanol–water partition coefficient (Wildman–Crippen LogP) is 2.86. The summed E-state index contributed by atoms with van der Waals surface area (Å²) in [6.07, 6.45) is -2.99. The predicted molar refractivity (Wildman–Crippen MR) is 97.5 cm³/mol. The molecule has 3 heterocycles. The number of rotatable bonds is 3. The normalized spacial score (nSPS) is 17.2. The molecule has 11 heteroatoms. The molecule has 8 nitrogen and oxygen atoms in total. The maximum Gasteiger partial charge on any atom is 0.416 e. The van der Waals surface area contributed by atoms with Crippen LogP contribution in [0.2, 0.25) is 0 Å². The lowest BCUT2D eigenvalue weighted by molar-refractivity contribution is -0.137. The summed E-state index contributed by atoms with van der Waals surface area (Å²) in [5.41, 5.74) is -0.651. The molecule has 1 fully saturated rings. The zero-order valence-electron chi connectivity index (χ0n) is 15.5. The van der Waals surface area contributed by atoms with E-state index in [1.54, 1.807) is 4.90 Å². The Kier molecular flexibility index (Phi) is 5.10. The third-order valence-electron chi connectivity index (χ3n) is 4.86. The molecule has 1 atom stereocenters. The molecule has 1 N–H and O–H groups in total. The Labute approximate surface area is 167 Å². The van der Waals surface area contributed by atoms with Crippen molar-refractivity contribution in [3.63, 3.8) is 0 Å². The van der Waals surface area contributed by atoms with E-state index in [1.807, 2.05) is 0 Å². The van der Waals surface area contributed by atoms with E-state index in [0.717, 1.165) is 18.6 Å². The molecular formula is C19H16F3N5O3. The second-order valence-corrected chi connectivity index (χ2v) is 6.92. The van der Waals surface area contributed by atoms with Crippen molar-refractivity contribution in [3.8, 4) is 11.5 Å². The average Bonchev–Trinajstić information content (AvgIpc) is 3.24. The molecule has 156 valence electrons. The maximum atomic E-state index is 12.7. The molecule has 1 aliphatic heterocycles. The first-order valence-corrected chi connectivity index (χ1v) is 9.17. The lowest BCUT2D eigenvalue weighted by atomic mass is 9.98. The van der Waals surface area contributed by atoms with Crippen molar-refractivity contribution in [1.82, 2.24) is 25.3 Å². The fourth-order valence-corrected chi connectivity index (χ4v) is 3.31. The van der Waals surface area contributed by atoms with Crippen molar-refractivity contribution in [1.29, 1.82) is 0 Å². The fourth-order valence-electron chi connectivity index (χ4n) is 3.31. The van der Waals surface area contributed by atoms with Crippen LogP contribution < -0.4 is 5.56 Å². The molecule has 1 aromatic carbocycles. The summed E-state index contributed by atoms with van der Waals surface area (Å²) in [6, 6.07) is 7.06. The Morgan fingerprint density at radius 3 is 2.57 bits per heavy atom. The maximum absolute atomic E-state index is 12.7. The summed E-state index contributed by atoms with van der Waals surface area (Å²) in [6.45, 7) is 0.852. The van der Waals surface area contributed by atoms with Crippen LogP contribution in [0.15, 0.2) is 45.6 Å². The number of carbonyl (C=O) groups excluding carboxylic acids is 1. The molecule has 0 bridgehead atoms. The van der Waals surface area contributed by atoms with E-state index >= 15 is 0 Å². The van der Waals surface area contributed by atoms with Crippen molar-refractivity contribution >= 4 is 5.91 Å². The van der Waals surface area contributed by atoms with Gasteiger partial charge in [0.2, 0.25) is 11.8 Å². The number of aromatic amines is 1. The number of nitrogens with zero attached hydrogens (tertiary/aromatic N) is 4. The minimum Gasteiger partial charge on any atom is -0.420 e. The number of likely N-dealkylation sites (tertiary alicyclic amines) is 1. The molecule has 4 rings (SSSR count). The van der Waals surface area contributed by atoms with Gasteiger partial charge in [0.25, 0.3) is 11.5 Å². The molecule has 0 spiro atoms. The van der Waals surface area contributed by atoms with E-state index in [1.165, 1.54) is 24.3 Å². The second-order valence-electron chi connectivity index (χ2n) is 6.92. The summed E-state index contributed by atoms with van der Waals surface area (Å²) in [4.78, 5) is 25.3. The van der Waals surface area contributed by atoms with Gasteiger partial charge in [0, 0.05) is 24.7 Å². The largest absolute Gasteiger partial charge is 0.420 e. The van der Waals surface area contributed by atoms with Gasteiger partial charge in [-0.25, -0.2) is 5.10 Å². The van der Waals surface area contributed by atoms with E-state index in [2.05, 4.69) is 20.4 Å². The fraction of sp³-hybridized carbons (Fsp3) is 0.316. The van der Waals surface area contributed by atoms with Gasteiger partial charge in [-0.05, 0) is 43.2 Å². The van der Waals surface area contributed by atoms with Gasteiger partial charge < -0.3 is 9.32 Å². The van der Waals surface area contributed by atoms with Crippen LogP contribution in [0, 0.1) is 0 Å². The van der Waals surface area contributed by atoms with Crippen LogP contribution in [-0.4, -0.2) is 44.3 Å². The number of hydrogen-bond donors (Lipinski definition) is 1. The number of aromatic nitrogens is 4. The first kappa shape index (κ1) is 19.8. The number of halogens is 3. The van der Waals surface area contributed by atoms with Gasteiger partial charge in [0.15, 0.2) is 0 Å². The van der Waals surface area contributed by atoms with Crippen molar-refractivity contribution in [3.05, 3.63) is 63.9 Å². The van der Waals surface area contributed by atoms with Gasteiger partial charge in [-0.3, -0.25) is 9.59 Å². The molecule has 1 aliphatic rings. The van der Waals surface area contributed by atoms with Gasteiger partial charge >= 0.3 is 6.18 Å². The van der Waals surface area contributed by atoms with Crippen LogP contribution in [0.1, 0.15) is 40.7 Å². The molecule has 1 saturated heterocycles. The minimum absolute atomic E-state index is 0.115. The van der Waals surface area contributed by atoms with Crippen molar-refractivity contribution in [2.45, 2.75) is 24.9 Å². The molecule has 3 aromatic rings. The van der Waals surface area contributed by atoms with Crippen LogP contribution in [0.3, 0.4) is 0 Å². The number of hydrogen-bond acceptors (Lipinski definition) is 6. The molecule has 1 amide bonds. The van der Waals surface area contributed by atoms with E-state index in [0.29, 0.717) is 31.0 Å². The van der Waals surface area contributed by atoms with Gasteiger partial charge in [-0.1, -0.05) is 0 Å². The quantitative estimate of drug-likeness (QED) is 0.700. The summed E-state index contributed by atoms with van der Waals surface area (Å²) in [5, 5.41) is 14.0. The van der Waals surface area contributed by atoms with Crippen molar-refractivity contribution in [2.24, 2.45) is 0 Å². The zero-order chi connectivity index (χ0) is 21.3. The van der Waals surface area contributed by atoms with Crippen molar-refractivity contribution < 1.29 is 22.4 Å². The molecular weight excluding hydrogens is 403 g/mol. The molecule has 0 aliphatic carbocycles. The van der Waals surface area contributed by atoms with Crippen LogP contribution >= 0.6 is 0 Å². The highest BCUT2D eigenvalue weighted by molar-refractivity contribution is 5.92. The van der Waals surface area contributed by atoms with Gasteiger partial charge in [0.1, 0.15) is 5.69 Å². The molecule has 30 heavy (non-hydrogen) atoms. The van der Waals surface area contributed by atoms with Crippen LogP contribution in [0.4, 0.5) is 13.2 Å². The van der Waals surface area contributed by atoms with E-state index in [4.69, 9.17) is 4.42 Å². The summed E-state index contributed by atoms with van der Waals surface area (Å²) < 4.78 is 43.8. The van der Waals surface area contributed by atoms with E-state index in [-0.39, 0.29) is 23.4 Å². The standard InChI is InChI=1S/C19H16F3N5O3/c20-19(21,22)13-5-3-11(4-6-13)16-25-26-17(30-16)12-2-1-9-27(10-12)18(29)14-7-8-15(28)24-23-14/h3-8,12H,1-2,9-10H2,(H,24,28). The first-order valence-electron chi connectivity index (χ1n) is 9.17. The molecule has 1 unspecified atom stereocenters. The third-order valence-corrected chi connectivity index (χ3v) is 4.86. The van der Waals surface area contributed by atoms with Crippen LogP contribution in [0.5, 0.6) is 0 Å². The Bertz CT molecular complexity index is 1090. The third kappa shape index (κ3) is 4.09. The summed E-state index contributed by atoms with van der Waals surface area (Å²) in [5.74, 6) is -0.0964. The van der Waals surface area contributed by atoms with Crippen LogP contribution in [-0.2, 0) is 6.18 Å². The van der Waals surface area contributed by atoms with Crippen molar-refractivity contribution in [2.75, 3.05) is 13.1 Å². The van der Waals surface area contributed by atoms with E-state index in [9.17, 15) is 22.8 Å². The number of H-pyrrole nitrogens is 1. The highest BCUT2D eigenvalue weighted by Gasteiger charge is 2.31. The molecule has 0 saturated carbocycles. The number of carbonyl (C=O) groups is 1. The number of benzene rings is 1. The number of piperidine rings is 1. The zero-order valence-corrected chi connectivity index (χ0v) is 15.5. The van der Waals surface area contributed by atoms with Gasteiger partial charge in [-0.15, -0.1) is 10.2 Å². The lowest BCUT2D eigenvalue weighted by Crippen LogP contribution is -2.39. The Balaban J connectivity index is 1.48. The highest BCUT2D eigenvalue weighted by atomic mass is 19.4. The number of amides is 1. The molecule has 2 aromatic heterocycles. The number of alkyl halides is 3. The van der Waals surface area contributed by atoms with Crippen LogP contribution in [0.25, 0.3) is 11.5 Å². The first-order chi connectivity index (χ1) is 14.3. The molecule has 0 radical (unpaired) electrons. The van der Waals surface area contributed by atoms with E-state index < -0.39 is 17.3 Å². The SMILES string of the molecule is O=C(c1ccc(=O)[nH]n1)N1CCCC(c2nnc(-c3ccc(C(F)(F)F)cc3)o2)C1. The average molecular weight is 419 g/mol. The van der Waals surface area contributed by atoms with Gasteiger partial charge in [-0.2, -0.15) is 18.3 Å². The second kappa shape index (κ2) is 7.73. The Morgan fingerprint density at radius 2 is 1.90 bits per heavy atom. The van der Waals surface area contributed by atoms with Gasteiger partial charge in [0.05, 0.1) is 11.5 Å². The minimum atomic E-state index is -4.42.